The second kappa shape index (κ2) is 6.68. The number of hydrogen-bond donors (Lipinski definition) is 0. The van der Waals surface area contributed by atoms with E-state index in [1.165, 1.54) is 5.56 Å². The third-order valence-electron chi connectivity index (χ3n) is 3.71. The Balaban J connectivity index is 2.08. The zero-order chi connectivity index (χ0) is 16.2. The van der Waals surface area contributed by atoms with Crippen molar-refractivity contribution >= 4 is 11.6 Å². The zero-order valence-corrected chi connectivity index (χ0v) is 13.5. The van der Waals surface area contributed by atoms with Gasteiger partial charge in [0.15, 0.2) is 5.76 Å². The summed E-state index contributed by atoms with van der Waals surface area (Å²) in [4.78, 5) is 0. The maximum absolute atomic E-state index is 8.94. The van der Waals surface area contributed by atoms with Crippen LogP contribution in [0.4, 0.5) is 0 Å². The summed E-state index contributed by atoms with van der Waals surface area (Å²) in [5.41, 5.74) is 4.82. The SMILES string of the molecule is Cc1ccc(-c2onc(-c3ccc(Cl)cc3)c2CCC#N)cc1. The molecule has 0 atom stereocenters. The van der Waals surface area contributed by atoms with Gasteiger partial charge in [0.05, 0.1) is 6.07 Å². The molecule has 0 N–H and O–H groups in total. The second-order valence-corrected chi connectivity index (χ2v) is 5.81. The van der Waals surface area contributed by atoms with Crippen LogP contribution in [0.25, 0.3) is 22.6 Å². The molecule has 0 bridgehead atoms. The van der Waals surface area contributed by atoms with Gasteiger partial charge in [0.2, 0.25) is 0 Å². The van der Waals surface area contributed by atoms with Crippen LogP contribution in [-0.2, 0) is 6.42 Å². The number of aryl methyl sites for hydroxylation is 1. The molecular weight excluding hydrogens is 308 g/mol. The first-order chi connectivity index (χ1) is 11.2. The van der Waals surface area contributed by atoms with Gasteiger partial charge in [-0.25, -0.2) is 0 Å². The zero-order valence-electron chi connectivity index (χ0n) is 12.7. The lowest BCUT2D eigenvalue weighted by Crippen LogP contribution is -1.90. The number of benzene rings is 2. The number of rotatable bonds is 4. The van der Waals surface area contributed by atoms with Gasteiger partial charge in [0.1, 0.15) is 5.69 Å². The van der Waals surface area contributed by atoms with E-state index >= 15 is 0 Å². The van der Waals surface area contributed by atoms with Crippen molar-refractivity contribution in [2.75, 3.05) is 0 Å². The van der Waals surface area contributed by atoms with E-state index in [2.05, 4.69) is 11.2 Å². The van der Waals surface area contributed by atoms with Gasteiger partial charge in [0.25, 0.3) is 0 Å². The summed E-state index contributed by atoms with van der Waals surface area (Å²) in [6, 6.07) is 17.8. The van der Waals surface area contributed by atoms with E-state index in [-0.39, 0.29) is 0 Å². The average Bonchev–Trinajstić information content (AvgIpc) is 2.98. The van der Waals surface area contributed by atoms with Gasteiger partial charge in [-0.2, -0.15) is 5.26 Å². The number of nitriles is 1. The van der Waals surface area contributed by atoms with Crippen molar-refractivity contribution in [1.82, 2.24) is 5.16 Å². The van der Waals surface area contributed by atoms with Crippen LogP contribution < -0.4 is 0 Å². The monoisotopic (exact) mass is 322 g/mol. The normalized spacial score (nSPS) is 10.5. The Labute approximate surface area is 140 Å². The first kappa shape index (κ1) is 15.3. The quantitative estimate of drug-likeness (QED) is 0.643. The van der Waals surface area contributed by atoms with Gasteiger partial charge in [-0.15, -0.1) is 0 Å². The summed E-state index contributed by atoms with van der Waals surface area (Å²) < 4.78 is 5.61. The molecule has 1 heterocycles. The topological polar surface area (TPSA) is 49.8 Å². The van der Waals surface area contributed by atoms with Gasteiger partial charge >= 0.3 is 0 Å². The predicted octanol–water partition coefficient (Wildman–Crippen LogP) is 5.43. The van der Waals surface area contributed by atoms with Crippen LogP contribution >= 0.6 is 11.6 Å². The smallest absolute Gasteiger partial charge is 0.170 e. The molecule has 1 aromatic heterocycles. The standard InChI is InChI=1S/C19H15ClN2O/c1-13-4-6-15(7-5-13)19-17(3-2-12-21)18(22-23-19)14-8-10-16(20)11-9-14/h4-11H,2-3H2,1H3. The van der Waals surface area contributed by atoms with Gasteiger partial charge in [0, 0.05) is 28.1 Å². The van der Waals surface area contributed by atoms with Crippen molar-refractivity contribution in [2.45, 2.75) is 19.8 Å². The molecule has 0 radical (unpaired) electrons. The van der Waals surface area contributed by atoms with Crippen LogP contribution in [-0.4, -0.2) is 5.16 Å². The lowest BCUT2D eigenvalue weighted by atomic mass is 9.98. The van der Waals surface area contributed by atoms with Gasteiger partial charge < -0.3 is 4.52 Å². The molecule has 0 spiro atoms. The van der Waals surface area contributed by atoms with Crippen LogP contribution in [0, 0.1) is 18.3 Å². The minimum Gasteiger partial charge on any atom is -0.355 e. The fourth-order valence-electron chi connectivity index (χ4n) is 2.49. The Bertz CT molecular complexity index is 780. The van der Waals surface area contributed by atoms with E-state index < -0.39 is 0 Å². The second-order valence-electron chi connectivity index (χ2n) is 5.37. The molecule has 3 aromatic rings. The average molecular weight is 323 g/mol. The molecule has 0 aliphatic carbocycles. The highest BCUT2D eigenvalue weighted by Gasteiger charge is 2.18. The molecule has 0 aliphatic heterocycles. The summed E-state index contributed by atoms with van der Waals surface area (Å²) in [7, 11) is 0. The Morgan fingerprint density at radius 3 is 2.35 bits per heavy atom. The number of halogens is 1. The van der Waals surface area contributed by atoms with E-state index in [1.807, 2.05) is 55.5 Å². The minimum absolute atomic E-state index is 0.417. The van der Waals surface area contributed by atoms with Gasteiger partial charge in [-0.3, -0.25) is 0 Å². The summed E-state index contributed by atoms with van der Waals surface area (Å²) in [6.07, 6.45) is 1.02. The lowest BCUT2D eigenvalue weighted by Gasteiger charge is -2.03. The van der Waals surface area contributed by atoms with Crippen molar-refractivity contribution in [3.8, 4) is 28.7 Å². The summed E-state index contributed by atoms with van der Waals surface area (Å²) in [5, 5.41) is 13.9. The van der Waals surface area contributed by atoms with Crippen molar-refractivity contribution in [3.63, 3.8) is 0 Å². The Morgan fingerprint density at radius 2 is 1.70 bits per heavy atom. The van der Waals surface area contributed by atoms with E-state index in [0.717, 1.165) is 28.1 Å². The molecular formula is C19H15ClN2O. The third kappa shape index (κ3) is 3.28. The van der Waals surface area contributed by atoms with E-state index in [9.17, 15) is 0 Å². The molecule has 23 heavy (non-hydrogen) atoms. The van der Waals surface area contributed by atoms with Crippen LogP contribution in [0.15, 0.2) is 53.1 Å². The highest BCUT2D eigenvalue weighted by Crippen LogP contribution is 2.33. The van der Waals surface area contributed by atoms with E-state index in [4.69, 9.17) is 21.4 Å². The first-order valence-electron chi connectivity index (χ1n) is 7.37. The highest BCUT2D eigenvalue weighted by molar-refractivity contribution is 6.30. The molecule has 0 amide bonds. The van der Waals surface area contributed by atoms with Crippen molar-refractivity contribution in [3.05, 3.63) is 64.7 Å². The number of aromatic nitrogens is 1. The molecule has 0 fully saturated rings. The molecule has 3 rings (SSSR count). The Hall–Kier alpha value is -2.57. The molecule has 0 saturated carbocycles. The van der Waals surface area contributed by atoms with E-state index in [0.29, 0.717) is 17.9 Å². The largest absolute Gasteiger partial charge is 0.355 e. The van der Waals surface area contributed by atoms with Gasteiger partial charge in [-0.05, 0) is 25.5 Å². The lowest BCUT2D eigenvalue weighted by molar-refractivity contribution is 0.434. The minimum atomic E-state index is 0.417. The third-order valence-corrected chi connectivity index (χ3v) is 3.96. The van der Waals surface area contributed by atoms with Crippen LogP contribution in [0.2, 0.25) is 5.02 Å². The Kier molecular flexibility index (Phi) is 4.45. The van der Waals surface area contributed by atoms with Crippen molar-refractivity contribution < 1.29 is 4.52 Å². The maximum Gasteiger partial charge on any atom is 0.170 e. The molecule has 2 aromatic carbocycles. The van der Waals surface area contributed by atoms with Crippen molar-refractivity contribution in [2.24, 2.45) is 0 Å². The van der Waals surface area contributed by atoms with Crippen LogP contribution in [0.5, 0.6) is 0 Å². The summed E-state index contributed by atoms with van der Waals surface area (Å²) in [6.45, 7) is 2.04. The molecule has 0 aliphatic rings. The maximum atomic E-state index is 8.94. The molecule has 4 heteroatoms. The number of hydrogen-bond acceptors (Lipinski definition) is 3. The molecule has 0 saturated heterocycles. The van der Waals surface area contributed by atoms with Crippen LogP contribution in [0.3, 0.4) is 0 Å². The number of nitrogens with zero attached hydrogens (tertiary/aromatic N) is 2. The van der Waals surface area contributed by atoms with Gasteiger partial charge in [-0.1, -0.05) is 58.7 Å². The molecule has 0 unspecified atom stereocenters. The predicted molar refractivity (Wildman–Crippen MR) is 91.1 cm³/mol. The molecule has 3 nitrogen and oxygen atoms in total. The summed E-state index contributed by atoms with van der Waals surface area (Å²) >= 11 is 5.95. The fraction of sp³-hybridized carbons (Fsp3) is 0.158. The fourth-order valence-corrected chi connectivity index (χ4v) is 2.61. The Morgan fingerprint density at radius 1 is 1.04 bits per heavy atom. The van der Waals surface area contributed by atoms with E-state index in [1.54, 1.807) is 0 Å². The summed E-state index contributed by atoms with van der Waals surface area (Å²) in [5.74, 6) is 0.727. The molecule has 114 valence electrons. The van der Waals surface area contributed by atoms with Crippen LogP contribution in [0.1, 0.15) is 17.5 Å². The van der Waals surface area contributed by atoms with Crippen molar-refractivity contribution in [1.29, 1.82) is 5.26 Å². The highest BCUT2D eigenvalue weighted by atomic mass is 35.5. The first-order valence-corrected chi connectivity index (χ1v) is 7.75.